The molecular formula is C57H91N7O19. The fourth-order valence-electron chi connectivity index (χ4n) is 9.95. The number of amides is 6. The number of ketones is 7. The zero-order chi connectivity index (χ0) is 63.7. The number of Topliss-reactive ketones (excluding diaryl/α,β-unsaturated/α-hetero) is 7. The molecule has 0 bridgehead atoms. The van der Waals surface area contributed by atoms with Crippen molar-refractivity contribution in [3.63, 3.8) is 0 Å². The van der Waals surface area contributed by atoms with Crippen LogP contribution in [-0.4, -0.2) is 197 Å². The summed E-state index contributed by atoms with van der Waals surface area (Å²) in [4.78, 5) is 187. The van der Waals surface area contributed by atoms with Crippen LogP contribution in [0.15, 0.2) is 0 Å². The van der Waals surface area contributed by atoms with Crippen LogP contribution in [0.5, 0.6) is 0 Å². The van der Waals surface area contributed by atoms with Crippen LogP contribution >= 0.6 is 0 Å². The first kappa shape index (κ1) is 72.9. The third-order valence-corrected chi connectivity index (χ3v) is 15.7. The number of likely N-dealkylation sites (tertiary alicyclic amines) is 2. The second kappa shape index (κ2) is 33.3. The van der Waals surface area contributed by atoms with E-state index >= 15 is 0 Å². The average molecular weight is 1180 g/mol. The minimum atomic E-state index is -1.55. The van der Waals surface area contributed by atoms with Crippen LogP contribution < -0.4 is 27.0 Å². The second-order valence-electron chi connectivity index (χ2n) is 23.3. The van der Waals surface area contributed by atoms with Gasteiger partial charge in [-0.05, 0) is 74.1 Å². The molecule has 0 aromatic rings. The standard InChI is InChI=1S/C57H91N7O19/c1-26(19-42(69)31(6)58)53(78)61-49(36(11)67)47(74)21-28(3)51(76)59-32(7)43(70)24-38(34(9)65)55(80)63-17-13-15-40(63)45(72)20-27(2)54(79)62-50(37(12)68)48(75)22-29(4)52(77)60-33(8)44(71)25-39(35(10)66)56(81)64-18-14-16-41(64)46(73)23-30(5)57(82)83/h26-41,49-50,65-68H,13-25,58H2,1-12H3,(H,59,76)(H,60,77)(H,61,78)(H,62,79)(H,82,83)/t26-,27-,28-,29-,30-,31+,32+,33+,34-,35-,36-,37-,38+,39+,40+,41+,49+,50+/m1/s1. The monoisotopic (exact) mass is 1180 g/mol. The molecule has 0 unspecified atom stereocenters. The molecule has 2 saturated heterocycles. The maximum absolute atomic E-state index is 14.0. The summed E-state index contributed by atoms with van der Waals surface area (Å²) in [7, 11) is 0. The number of hydrogen-bond donors (Lipinski definition) is 10. The third-order valence-electron chi connectivity index (χ3n) is 15.7. The van der Waals surface area contributed by atoms with E-state index in [4.69, 9.17) is 5.73 Å². The molecule has 0 aliphatic carbocycles. The zero-order valence-corrected chi connectivity index (χ0v) is 50.0. The van der Waals surface area contributed by atoms with Gasteiger partial charge in [-0.15, -0.1) is 0 Å². The summed E-state index contributed by atoms with van der Waals surface area (Å²) >= 11 is 0. The molecule has 0 spiro atoms. The molecule has 83 heavy (non-hydrogen) atoms. The number of carbonyl (C=O) groups is 14. The van der Waals surface area contributed by atoms with Gasteiger partial charge < -0.3 is 62.3 Å². The Morgan fingerprint density at radius 1 is 0.410 bits per heavy atom. The van der Waals surface area contributed by atoms with Crippen molar-refractivity contribution in [3.05, 3.63) is 0 Å². The minimum absolute atomic E-state index is 0.0723. The smallest absolute Gasteiger partial charge is 0.306 e. The number of nitrogens with two attached hydrogens (primary N) is 1. The quantitative estimate of drug-likeness (QED) is 0.0361. The molecule has 2 heterocycles. The largest absolute Gasteiger partial charge is 0.481 e. The molecule has 0 aromatic heterocycles. The van der Waals surface area contributed by atoms with E-state index in [1.165, 1.54) is 92.9 Å². The highest BCUT2D eigenvalue weighted by atomic mass is 16.4. The number of hydrogen-bond acceptors (Lipinski definition) is 19. The fourth-order valence-corrected chi connectivity index (χ4v) is 9.95. The second-order valence-corrected chi connectivity index (χ2v) is 23.3. The Morgan fingerprint density at radius 2 is 0.711 bits per heavy atom. The van der Waals surface area contributed by atoms with Crippen molar-refractivity contribution in [1.82, 2.24) is 31.1 Å². The predicted octanol–water partition coefficient (Wildman–Crippen LogP) is -0.970. The molecule has 18 atom stereocenters. The van der Waals surface area contributed by atoms with Crippen molar-refractivity contribution in [2.24, 2.45) is 47.2 Å². The molecule has 2 aliphatic heterocycles. The summed E-state index contributed by atoms with van der Waals surface area (Å²) in [5.74, 6) is -17.6. The van der Waals surface area contributed by atoms with E-state index < -0.39 is 216 Å². The molecule has 2 aliphatic rings. The van der Waals surface area contributed by atoms with Gasteiger partial charge in [0.15, 0.2) is 34.7 Å². The summed E-state index contributed by atoms with van der Waals surface area (Å²) in [5.41, 5.74) is 5.58. The van der Waals surface area contributed by atoms with Crippen LogP contribution in [-0.2, 0) is 67.1 Å². The SMILES string of the molecule is C[C@H](N)C(=O)C[C@@H](C)C(=O)N[C@H](C(=O)C[C@@H](C)C(=O)N[C@@H](C)C(=O)C[C@H](C(=O)N1CCC[C@H]1C(=O)C[C@@H](C)C(=O)N[C@H](C(=O)C[C@@H](C)C(=O)N[C@@H](C)C(=O)C[C@H](C(=O)N1CCC[C@H]1C(=O)C[C@@H](C)C(=O)O)[C@@H](C)O)[C@@H](C)O)[C@@H](C)O)[C@@H](C)O. The molecule has 6 amide bonds. The summed E-state index contributed by atoms with van der Waals surface area (Å²) in [6.45, 7) is 16.4. The number of rotatable bonds is 36. The molecule has 11 N–H and O–H groups in total. The van der Waals surface area contributed by atoms with Gasteiger partial charge in [-0.3, -0.25) is 67.1 Å². The zero-order valence-electron chi connectivity index (χ0n) is 50.0. The van der Waals surface area contributed by atoms with Crippen molar-refractivity contribution < 1.29 is 92.7 Å². The van der Waals surface area contributed by atoms with Gasteiger partial charge in [-0.2, -0.15) is 0 Å². The Kier molecular flexibility index (Phi) is 29.3. The maximum Gasteiger partial charge on any atom is 0.306 e. The highest BCUT2D eigenvalue weighted by Gasteiger charge is 2.43. The molecule has 0 radical (unpaired) electrons. The van der Waals surface area contributed by atoms with E-state index in [1.54, 1.807) is 0 Å². The van der Waals surface area contributed by atoms with E-state index in [2.05, 4.69) is 21.3 Å². The van der Waals surface area contributed by atoms with Crippen LogP contribution in [0.4, 0.5) is 0 Å². The van der Waals surface area contributed by atoms with Crippen LogP contribution in [0.3, 0.4) is 0 Å². The fraction of sp³-hybridized carbons (Fsp3) is 0.754. The highest BCUT2D eigenvalue weighted by molar-refractivity contribution is 6.00. The first-order valence-electron chi connectivity index (χ1n) is 28.7. The van der Waals surface area contributed by atoms with Crippen molar-refractivity contribution in [2.75, 3.05) is 13.1 Å². The maximum atomic E-state index is 14.0. The molecular weight excluding hydrogens is 1090 g/mol. The van der Waals surface area contributed by atoms with Gasteiger partial charge >= 0.3 is 5.97 Å². The van der Waals surface area contributed by atoms with Crippen molar-refractivity contribution >= 4 is 81.9 Å². The first-order chi connectivity index (χ1) is 38.4. The van der Waals surface area contributed by atoms with E-state index in [1.807, 2.05) is 0 Å². The molecule has 26 heteroatoms. The Balaban J connectivity index is 2.02. The number of aliphatic hydroxyl groups is 4. The van der Waals surface area contributed by atoms with E-state index in [0.717, 1.165) is 0 Å². The van der Waals surface area contributed by atoms with Gasteiger partial charge in [-0.1, -0.05) is 34.6 Å². The van der Waals surface area contributed by atoms with E-state index in [-0.39, 0.29) is 44.6 Å². The molecule has 468 valence electrons. The van der Waals surface area contributed by atoms with Crippen LogP contribution in [0.25, 0.3) is 0 Å². The molecule has 0 saturated carbocycles. The number of aliphatic hydroxyl groups excluding tert-OH is 4. The lowest BCUT2D eigenvalue weighted by atomic mass is 9.91. The molecule has 26 nitrogen and oxygen atoms in total. The Bertz CT molecular complexity index is 2390. The van der Waals surface area contributed by atoms with Gasteiger partial charge in [0.2, 0.25) is 35.4 Å². The lowest BCUT2D eigenvalue weighted by molar-refractivity contribution is -0.147. The van der Waals surface area contributed by atoms with Gasteiger partial charge in [0.25, 0.3) is 0 Å². The molecule has 2 fully saturated rings. The Morgan fingerprint density at radius 3 is 1.01 bits per heavy atom. The lowest BCUT2D eigenvalue weighted by Crippen LogP contribution is -2.51. The average Bonchev–Trinajstić information content (AvgIpc) is 4.32. The van der Waals surface area contributed by atoms with Crippen molar-refractivity contribution in [1.29, 1.82) is 0 Å². The predicted molar refractivity (Wildman–Crippen MR) is 297 cm³/mol. The normalized spacial score (nSPS) is 21.0. The summed E-state index contributed by atoms with van der Waals surface area (Å²) in [6, 6.07) is -8.19. The number of carboxylic acids is 1. The van der Waals surface area contributed by atoms with E-state index in [9.17, 15) is 92.7 Å². The third kappa shape index (κ3) is 21.7. The van der Waals surface area contributed by atoms with Crippen molar-refractivity contribution in [2.45, 2.75) is 220 Å². The Hall–Kier alpha value is -6.22. The number of carbonyl (C=O) groups excluding carboxylic acids is 13. The summed E-state index contributed by atoms with van der Waals surface area (Å²) in [6.07, 6.45) is -7.33. The molecule has 0 aromatic carbocycles. The number of aliphatic carboxylic acids is 1. The van der Waals surface area contributed by atoms with Crippen LogP contribution in [0.2, 0.25) is 0 Å². The summed E-state index contributed by atoms with van der Waals surface area (Å²) < 4.78 is 0. The lowest BCUT2D eigenvalue weighted by Gasteiger charge is -2.30. The van der Waals surface area contributed by atoms with Crippen LogP contribution in [0.1, 0.15) is 154 Å². The number of carboxylic acid groups (broad SMARTS) is 1. The Labute approximate surface area is 484 Å². The van der Waals surface area contributed by atoms with Gasteiger partial charge in [0, 0.05) is 81.7 Å². The van der Waals surface area contributed by atoms with Crippen LogP contribution in [0, 0.1) is 41.4 Å². The number of nitrogens with zero attached hydrogens (tertiary/aromatic N) is 2. The first-order valence-corrected chi connectivity index (χ1v) is 28.7. The summed E-state index contributed by atoms with van der Waals surface area (Å²) in [5, 5.41) is 61.3. The van der Waals surface area contributed by atoms with Gasteiger partial charge in [0.1, 0.15) is 17.9 Å². The highest BCUT2D eigenvalue weighted by Crippen LogP contribution is 2.28. The topological polar surface area (TPSA) is 421 Å². The molecule has 2 rings (SSSR count). The number of nitrogens with one attached hydrogen (secondary N) is 4. The van der Waals surface area contributed by atoms with E-state index in [0.29, 0.717) is 12.8 Å². The minimum Gasteiger partial charge on any atom is -0.481 e. The van der Waals surface area contributed by atoms with Gasteiger partial charge in [-0.25, -0.2) is 0 Å². The van der Waals surface area contributed by atoms with Gasteiger partial charge in [0.05, 0.1) is 72.4 Å². The van der Waals surface area contributed by atoms with Crippen molar-refractivity contribution in [3.8, 4) is 0 Å².